The van der Waals surface area contributed by atoms with E-state index in [4.69, 9.17) is 0 Å². The van der Waals surface area contributed by atoms with Crippen molar-refractivity contribution in [2.24, 2.45) is 0 Å². The van der Waals surface area contributed by atoms with Gasteiger partial charge >= 0.3 is 12.2 Å². The van der Waals surface area contributed by atoms with Crippen LogP contribution >= 0.6 is 0 Å². The Morgan fingerprint density at radius 2 is 2.17 bits per heavy atom. The lowest BCUT2D eigenvalue weighted by molar-refractivity contribution is -0.174. The second-order valence-corrected chi connectivity index (χ2v) is 5.13. The average Bonchev–Trinajstić information content (AvgIpc) is 3.00. The molecule has 1 aromatic carbocycles. The van der Waals surface area contributed by atoms with E-state index in [1.807, 2.05) is 6.07 Å². The number of nitrogens with one attached hydrogen (secondary N) is 2. The Bertz CT molecular complexity index is 659. The van der Waals surface area contributed by atoms with Crippen molar-refractivity contribution in [3.8, 4) is 5.69 Å². The summed E-state index contributed by atoms with van der Waals surface area (Å²) >= 11 is 0. The summed E-state index contributed by atoms with van der Waals surface area (Å²) < 4.78 is 42.1. The molecule has 0 bridgehead atoms. The molecule has 0 aliphatic heterocycles. The molecule has 2 rings (SSSR count). The predicted molar refractivity (Wildman–Crippen MR) is 82.1 cm³/mol. The Morgan fingerprint density at radius 3 is 2.83 bits per heavy atom. The third kappa shape index (κ3) is 5.92. The van der Waals surface area contributed by atoms with Crippen molar-refractivity contribution in [3.63, 3.8) is 0 Å². The summed E-state index contributed by atoms with van der Waals surface area (Å²) in [5, 5.41) is 9.21. The van der Waals surface area contributed by atoms with E-state index in [1.165, 1.54) is 0 Å². The molecule has 9 heteroatoms. The van der Waals surface area contributed by atoms with E-state index in [0.29, 0.717) is 5.69 Å². The summed E-state index contributed by atoms with van der Waals surface area (Å²) in [6, 6.07) is 7.66. The first-order valence-corrected chi connectivity index (χ1v) is 7.15. The average molecular weight is 342 g/mol. The van der Waals surface area contributed by atoms with Gasteiger partial charge in [-0.3, -0.25) is 0 Å². The number of urea groups is 1. The highest BCUT2D eigenvalue weighted by Gasteiger charge is 2.27. The highest BCUT2D eigenvalue weighted by molar-refractivity contribution is 5.89. The first kappa shape index (κ1) is 17.8. The van der Waals surface area contributed by atoms with Crippen molar-refractivity contribution in [3.05, 3.63) is 42.7 Å². The van der Waals surface area contributed by atoms with Crippen molar-refractivity contribution in [2.75, 3.05) is 18.5 Å². The van der Waals surface area contributed by atoms with Crippen LogP contribution in [0.25, 0.3) is 5.69 Å². The second kappa shape index (κ2) is 7.82. The van der Waals surface area contributed by atoms with E-state index >= 15 is 0 Å². The molecule has 130 valence electrons. The fraction of sp³-hybridized carbons (Fsp3) is 0.333. The number of nitrogens with zero attached hydrogens (tertiary/aromatic N) is 2. The summed E-state index contributed by atoms with van der Waals surface area (Å²) in [6.07, 6.45) is -0.983. The maximum atomic E-state index is 12.0. The van der Waals surface area contributed by atoms with Crippen LogP contribution in [0, 0.1) is 0 Å². The zero-order chi connectivity index (χ0) is 17.6. The molecule has 0 aliphatic rings. The molecule has 0 saturated carbocycles. The van der Waals surface area contributed by atoms with E-state index in [1.54, 1.807) is 48.3 Å². The van der Waals surface area contributed by atoms with Crippen LogP contribution in [0.4, 0.5) is 23.7 Å². The van der Waals surface area contributed by atoms with Gasteiger partial charge in [-0.1, -0.05) is 6.07 Å². The summed E-state index contributed by atoms with van der Waals surface area (Å²) in [5.41, 5.74) is 1.29. The zero-order valence-electron chi connectivity index (χ0n) is 12.9. The normalized spacial score (nSPS) is 12.7. The lowest BCUT2D eigenvalue weighted by Gasteiger charge is -2.16. The number of hydrogen-bond donors (Lipinski definition) is 2. The molecule has 0 spiro atoms. The number of aromatic nitrogens is 2. The smallest absolute Gasteiger partial charge is 0.370 e. The number of amides is 2. The number of carbonyl (C=O) groups is 1. The number of rotatable bonds is 6. The molecular formula is C15H17F3N4O2. The van der Waals surface area contributed by atoms with Crippen LogP contribution in [-0.4, -0.2) is 41.2 Å². The summed E-state index contributed by atoms with van der Waals surface area (Å²) in [7, 11) is 0. The van der Waals surface area contributed by atoms with Crippen LogP contribution in [0.15, 0.2) is 42.7 Å². The molecule has 0 aliphatic carbocycles. The van der Waals surface area contributed by atoms with E-state index in [9.17, 15) is 18.0 Å². The molecule has 1 aromatic heterocycles. The van der Waals surface area contributed by atoms with Crippen molar-refractivity contribution in [1.82, 2.24) is 15.1 Å². The number of benzene rings is 1. The molecule has 2 N–H and O–H groups in total. The van der Waals surface area contributed by atoms with E-state index < -0.39 is 24.9 Å². The van der Waals surface area contributed by atoms with Crippen LogP contribution in [0.3, 0.4) is 0 Å². The third-order valence-electron chi connectivity index (χ3n) is 2.88. The van der Waals surface area contributed by atoms with Gasteiger partial charge in [0.25, 0.3) is 0 Å². The molecule has 2 aromatic rings. The van der Waals surface area contributed by atoms with Gasteiger partial charge in [-0.15, -0.1) is 0 Å². The Hall–Kier alpha value is -2.55. The minimum atomic E-state index is -4.38. The van der Waals surface area contributed by atoms with E-state index in [0.717, 1.165) is 5.69 Å². The number of ether oxygens (including phenoxy) is 1. The number of hydrogen-bond acceptors (Lipinski definition) is 3. The second-order valence-electron chi connectivity index (χ2n) is 5.13. The van der Waals surface area contributed by atoms with Gasteiger partial charge in [-0.25, -0.2) is 9.48 Å². The monoisotopic (exact) mass is 342 g/mol. The molecule has 1 unspecified atom stereocenters. The number of alkyl halides is 3. The van der Waals surface area contributed by atoms with Crippen LogP contribution in [0.5, 0.6) is 0 Å². The Morgan fingerprint density at radius 1 is 1.38 bits per heavy atom. The topological polar surface area (TPSA) is 68.2 Å². The summed E-state index contributed by atoms with van der Waals surface area (Å²) in [5.74, 6) is 0. The van der Waals surface area contributed by atoms with Crippen molar-refractivity contribution >= 4 is 11.7 Å². The fourth-order valence-electron chi connectivity index (χ4n) is 1.93. The van der Waals surface area contributed by atoms with Gasteiger partial charge in [0, 0.05) is 18.1 Å². The van der Waals surface area contributed by atoms with Gasteiger partial charge in [0.05, 0.1) is 18.3 Å². The quantitative estimate of drug-likeness (QED) is 0.848. The van der Waals surface area contributed by atoms with Gasteiger partial charge in [0.1, 0.15) is 6.61 Å². The molecule has 0 radical (unpaired) electrons. The predicted octanol–water partition coefficient (Wildman–Crippen LogP) is 2.96. The van der Waals surface area contributed by atoms with Crippen LogP contribution in [-0.2, 0) is 4.74 Å². The molecular weight excluding hydrogens is 325 g/mol. The zero-order valence-corrected chi connectivity index (χ0v) is 12.9. The summed E-state index contributed by atoms with van der Waals surface area (Å²) in [4.78, 5) is 11.9. The highest BCUT2D eigenvalue weighted by Crippen LogP contribution is 2.15. The largest absolute Gasteiger partial charge is 0.411 e. The minimum Gasteiger partial charge on any atom is -0.370 e. The van der Waals surface area contributed by atoms with Crippen LogP contribution < -0.4 is 10.6 Å². The maximum absolute atomic E-state index is 12.0. The van der Waals surface area contributed by atoms with Crippen LogP contribution in [0.2, 0.25) is 0 Å². The number of halogens is 3. The summed E-state index contributed by atoms with van der Waals surface area (Å²) in [6.45, 7) is -0.0249. The molecule has 1 atom stereocenters. The van der Waals surface area contributed by atoms with Gasteiger partial charge in [-0.2, -0.15) is 18.3 Å². The van der Waals surface area contributed by atoms with Crippen molar-refractivity contribution in [1.29, 1.82) is 0 Å². The van der Waals surface area contributed by atoms with Gasteiger partial charge in [0.15, 0.2) is 0 Å². The maximum Gasteiger partial charge on any atom is 0.411 e. The van der Waals surface area contributed by atoms with E-state index in [-0.39, 0.29) is 6.61 Å². The lowest BCUT2D eigenvalue weighted by atomic mass is 10.3. The molecule has 0 saturated heterocycles. The lowest BCUT2D eigenvalue weighted by Crippen LogP contribution is -2.39. The highest BCUT2D eigenvalue weighted by atomic mass is 19.4. The molecule has 2 amide bonds. The SMILES string of the molecule is CC(COCC(F)(F)F)NC(=O)Nc1cccc(-n2cccn2)c1. The fourth-order valence-corrected chi connectivity index (χ4v) is 1.93. The van der Waals surface area contributed by atoms with Crippen molar-refractivity contribution in [2.45, 2.75) is 19.1 Å². The van der Waals surface area contributed by atoms with Crippen LogP contribution in [0.1, 0.15) is 6.92 Å². The number of anilines is 1. The Labute approximate surface area is 136 Å². The minimum absolute atomic E-state index is 0.236. The molecule has 0 fully saturated rings. The first-order chi connectivity index (χ1) is 11.3. The van der Waals surface area contributed by atoms with Gasteiger partial charge < -0.3 is 15.4 Å². The van der Waals surface area contributed by atoms with Crippen molar-refractivity contribution < 1.29 is 22.7 Å². The number of carbonyl (C=O) groups excluding carboxylic acids is 1. The molecule has 1 heterocycles. The third-order valence-corrected chi connectivity index (χ3v) is 2.88. The van der Waals surface area contributed by atoms with Gasteiger partial charge in [0.2, 0.25) is 0 Å². The Balaban J connectivity index is 1.83. The van der Waals surface area contributed by atoms with E-state index in [2.05, 4.69) is 20.5 Å². The molecule has 24 heavy (non-hydrogen) atoms. The standard InChI is InChI=1S/C15H17F3N4O2/c1-11(9-24-10-15(16,17)18)20-14(23)21-12-4-2-5-13(8-12)22-7-3-6-19-22/h2-8,11H,9-10H2,1H3,(H2,20,21,23). The first-order valence-electron chi connectivity index (χ1n) is 7.15. The Kier molecular flexibility index (Phi) is 5.80. The van der Waals surface area contributed by atoms with Gasteiger partial charge in [-0.05, 0) is 31.2 Å². The molecule has 6 nitrogen and oxygen atoms in total.